The van der Waals surface area contributed by atoms with Gasteiger partial charge in [-0.15, -0.1) is 0 Å². The molecule has 1 amide bonds. The zero-order valence-electron chi connectivity index (χ0n) is 12.4. The Kier molecular flexibility index (Phi) is 3.93. The van der Waals surface area contributed by atoms with Gasteiger partial charge >= 0.3 is 0 Å². The molecular weight excluding hydrogens is 324 g/mol. The van der Waals surface area contributed by atoms with E-state index >= 15 is 0 Å². The monoisotopic (exact) mass is 337 g/mol. The van der Waals surface area contributed by atoms with Gasteiger partial charge in [0.05, 0.1) is 5.56 Å². The molecule has 0 bridgehead atoms. The van der Waals surface area contributed by atoms with Gasteiger partial charge in [0.25, 0.3) is 5.56 Å². The van der Waals surface area contributed by atoms with Gasteiger partial charge in [0.1, 0.15) is 5.82 Å². The molecule has 1 aliphatic heterocycles. The van der Waals surface area contributed by atoms with Crippen molar-refractivity contribution in [3.05, 3.63) is 51.3 Å². The van der Waals surface area contributed by atoms with Crippen molar-refractivity contribution in [3.63, 3.8) is 0 Å². The molecule has 0 saturated heterocycles. The van der Waals surface area contributed by atoms with E-state index in [2.05, 4.69) is 10.3 Å². The number of amides is 1. The van der Waals surface area contributed by atoms with Crippen molar-refractivity contribution in [2.75, 3.05) is 11.6 Å². The lowest BCUT2D eigenvalue weighted by molar-refractivity contribution is -0.116. The van der Waals surface area contributed by atoms with E-state index in [9.17, 15) is 18.4 Å². The van der Waals surface area contributed by atoms with Crippen LogP contribution in [0.15, 0.2) is 28.2 Å². The average molecular weight is 337 g/mol. The third-order valence-electron chi connectivity index (χ3n) is 3.84. The van der Waals surface area contributed by atoms with Crippen molar-refractivity contribution >= 4 is 23.5 Å². The topological polar surface area (TPSA) is 64.0 Å². The third kappa shape index (κ3) is 2.52. The Morgan fingerprint density at radius 2 is 2.09 bits per heavy atom. The summed E-state index contributed by atoms with van der Waals surface area (Å²) in [6.07, 6.45) is 1.62. The van der Waals surface area contributed by atoms with Crippen molar-refractivity contribution in [2.45, 2.75) is 17.5 Å². The number of anilines is 1. The Labute approximate surface area is 134 Å². The minimum Gasteiger partial charge on any atom is -0.312 e. The van der Waals surface area contributed by atoms with Gasteiger partial charge in [0.2, 0.25) is 5.91 Å². The number of nitrogens with zero attached hydrogens (tertiary/aromatic N) is 2. The highest BCUT2D eigenvalue weighted by atomic mass is 32.2. The Morgan fingerprint density at radius 3 is 2.78 bits per heavy atom. The molecule has 0 spiro atoms. The van der Waals surface area contributed by atoms with E-state index in [1.54, 1.807) is 17.9 Å². The van der Waals surface area contributed by atoms with Crippen molar-refractivity contribution in [2.24, 2.45) is 7.05 Å². The van der Waals surface area contributed by atoms with Gasteiger partial charge in [-0.25, -0.2) is 8.78 Å². The fraction of sp³-hybridized carbons (Fsp3) is 0.267. The maximum atomic E-state index is 14.1. The summed E-state index contributed by atoms with van der Waals surface area (Å²) < 4.78 is 29.2. The van der Waals surface area contributed by atoms with Crippen LogP contribution in [0.2, 0.25) is 0 Å². The second kappa shape index (κ2) is 5.77. The van der Waals surface area contributed by atoms with Crippen LogP contribution in [0.5, 0.6) is 0 Å². The van der Waals surface area contributed by atoms with E-state index in [1.165, 1.54) is 23.9 Å². The van der Waals surface area contributed by atoms with Gasteiger partial charge in [-0.1, -0.05) is 23.9 Å². The Hall–Kier alpha value is -2.22. The third-order valence-corrected chi connectivity index (χ3v) is 4.57. The van der Waals surface area contributed by atoms with Gasteiger partial charge in [-0.05, 0) is 17.9 Å². The van der Waals surface area contributed by atoms with Crippen LogP contribution in [0, 0.1) is 11.6 Å². The maximum Gasteiger partial charge on any atom is 0.279 e. The number of carbonyl (C=O) groups excluding carboxylic acids is 1. The van der Waals surface area contributed by atoms with E-state index in [-0.39, 0.29) is 29.3 Å². The smallest absolute Gasteiger partial charge is 0.279 e. The van der Waals surface area contributed by atoms with Gasteiger partial charge in [0, 0.05) is 19.4 Å². The first-order valence-corrected chi connectivity index (χ1v) is 8.05. The molecule has 1 aromatic heterocycles. The number of nitrogens with one attached hydrogen (secondary N) is 1. The number of fused-ring (bicyclic) bond motifs is 1. The first kappa shape index (κ1) is 15.7. The number of hydrogen-bond donors (Lipinski definition) is 1. The second-order valence-electron chi connectivity index (χ2n) is 5.17. The minimum atomic E-state index is -1.05. The molecule has 0 aliphatic carbocycles. The van der Waals surface area contributed by atoms with Crippen molar-refractivity contribution in [1.29, 1.82) is 0 Å². The molecule has 1 aromatic carbocycles. The largest absolute Gasteiger partial charge is 0.312 e. The SMILES string of the molecule is CSc1nc(=O)c2c(n1C)NC(=O)C[C@H]2c1cccc(F)c1F. The number of halogens is 2. The van der Waals surface area contributed by atoms with Gasteiger partial charge in [-0.2, -0.15) is 4.98 Å². The lowest BCUT2D eigenvalue weighted by Crippen LogP contribution is -2.33. The van der Waals surface area contributed by atoms with Crippen LogP contribution in [0.3, 0.4) is 0 Å². The molecule has 0 saturated carbocycles. The van der Waals surface area contributed by atoms with E-state index < -0.39 is 23.1 Å². The molecule has 120 valence electrons. The predicted molar refractivity (Wildman–Crippen MR) is 82.7 cm³/mol. The lowest BCUT2D eigenvalue weighted by atomic mass is 9.86. The summed E-state index contributed by atoms with van der Waals surface area (Å²) in [7, 11) is 1.65. The van der Waals surface area contributed by atoms with Crippen LogP contribution in [0.4, 0.5) is 14.6 Å². The summed E-state index contributed by atoms with van der Waals surface area (Å²) in [6.45, 7) is 0. The standard InChI is InChI=1S/C15H13F2N3O2S/c1-20-13-11(14(22)19-15(20)23-2)8(6-10(21)18-13)7-4-3-5-9(16)12(7)17/h3-5,8H,6H2,1-2H3,(H,18,21)/t8-/m0/s1. The molecule has 8 heteroatoms. The summed E-state index contributed by atoms with van der Waals surface area (Å²) in [6, 6.07) is 3.73. The van der Waals surface area contributed by atoms with Crippen LogP contribution in [-0.4, -0.2) is 21.7 Å². The van der Waals surface area contributed by atoms with E-state index in [4.69, 9.17) is 0 Å². The molecule has 23 heavy (non-hydrogen) atoms. The molecule has 0 fully saturated rings. The normalized spacial score (nSPS) is 16.9. The van der Waals surface area contributed by atoms with Crippen LogP contribution in [-0.2, 0) is 11.8 Å². The molecule has 0 unspecified atom stereocenters. The lowest BCUT2D eigenvalue weighted by Gasteiger charge is -2.27. The number of benzene rings is 1. The van der Waals surface area contributed by atoms with Crippen molar-refractivity contribution in [1.82, 2.24) is 9.55 Å². The number of rotatable bonds is 2. The quantitative estimate of drug-likeness (QED) is 0.674. The molecule has 2 heterocycles. The molecule has 3 rings (SSSR count). The summed E-state index contributed by atoms with van der Waals surface area (Å²) in [5, 5.41) is 3.06. The first-order valence-electron chi connectivity index (χ1n) is 6.82. The Morgan fingerprint density at radius 1 is 1.35 bits per heavy atom. The maximum absolute atomic E-state index is 14.1. The Bertz CT molecular complexity index is 867. The van der Waals surface area contributed by atoms with Crippen LogP contribution in [0.1, 0.15) is 23.5 Å². The Balaban J connectivity index is 2.28. The average Bonchev–Trinajstić information content (AvgIpc) is 2.52. The highest BCUT2D eigenvalue weighted by Crippen LogP contribution is 2.36. The fourth-order valence-corrected chi connectivity index (χ4v) is 3.31. The molecular formula is C15H13F2N3O2S. The number of carbonyl (C=O) groups is 1. The van der Waals surface area contributed by atoms with Crippen LogP contribution >= 0.6 is 11.8 Å². The summed E-state index contributed by atoms with van der Waals surface area (Å²) in [5.41, 5.74) is -0.387. The molecule has 1 aliphatic rings. The molecule has 2 aromatic rings. The van der Waals surface area contributed by atoms with E-state index in [0.717, 1.165) is 6.07 Å². The number of aromatic nitrogens is 2. The highest BCUT2D eigenvalue weighted by Gasteiger charge is 2.33. The van der Waals surface area contributed by atoms with Crippen molar-refractivity contribution < 1.29 is 13.6 Å². The van der Waals surface area contributed by atoms with Crippen molar-refractivity contribution in [3.8, 4) is 0 Å². The first-order chi connectivity index (χ1) is 10.9. The molecule has 1 N–H and O–H groups in total. The zero-order chi connectivity index (χ0) is 16.7. The van der Waals surface area contributed by atoms with Gasteiger partial charge < -0.3 is 9.88 Å². The zero-order valence-corrected chi connectivity index (χ0v) is 13.2. The van der Waals surface area contributed by atoms with E-state index in [1.807, 2.05) is 0 Å². The predicted octanol–water partition coefficient (Wildman–Crippen LogP) is 2.25. The molecule has 0 radical (unpaired) electrons. The second-order valence-corrected chi connectivity index (χ2v) is 5.95. The summed E-state index contributed by atoms with van der Waals surface area (Å²) >= 11 is 1.25. The van der Waals surface area contributed by atoms with Crippen LogP contribution < -0.4 is 10.9 Å². The van der Waals surface area contributed by atoms with Gasteiger partial charge in [-0.3, -0.25) is 9.59 Å². The highest BCUT2D eigenvalue weighted by molar-refractivity contribution is 7.98. The van der Waals surface area contributed by atoms with E-state index in [0.29, 0.717) is 5.16 Å². The number of hydrogen-bond acceptors (Lipinski definition) is 4. The number of thioether (sulfide) groups is 1. The summed E-state index contributed by atoms with van der Waals surface area (Å²) in [4.78, 5) is 28.3. The molecule has 5 nitrogen and oxygen atoms in total. The summed E-state index contributed by atoms with van der Waals surface area (Å²) in [5.74, 6) is -3.01. The van der Waals surface area contributed by atoms with Crippen LogP contribution in [0.25, 0.3) is 0 Å². The minimum absolute atomic E-state index is 0.0168. The van der Waals surface area contributed by atoms with Gasteiger partial charge in [0.15, 0.2) is 16.8 Å². The molecule has 1 atom stereocenters. The fourth-order valence-electron chi connectivity index (χ4n) is 2.77.